The summed E-state index contributed by atoms with van der Waals surface area (Å²) in [4.78, 5) is 11.7. The lowest BCUT2D eigenvalue weighted by molar-refractivity contribution is -0.128. The van der Waals surface area contributed by atoms with Gasteiger partial charge in [0.15, 0.2) is 0 Å². The third-order valence-electron chi connectivity index (χ3n) is 2.77. The van der Waals surface area contributed by atoms with E-state index in [4.69, 9.17) is 4.74 Å². The van der Waals surface area contributed by atoms with Crippen LogP contribution in [0.4, 0.5) is 0 Å². The SMILES string of the molecule is Cc1ccc(C)c(OC(=O)/C=C/c2ccccc2)c1. The van der Waals surface area contributed by atoms with Crippen LogP contribution in [0.5, 0.6) is 5.75 Å². The lowest BCUT2D eigenvalue weighted by Crippen LogP contribution is -2.05. The molecule has 0 aliphatic rings. The summed E-state index contributed by atoms with van der Waals surface area (Å²) in [5.74, 6) is 0.250. The van der Waals surface area contributed by atoms with Crippen LogP contribution in [0.3, 0.4) is 0 Å². The monoisotopic (exact) mass is 252 g/mol. The van der Waals surface area contributed by atoms with Gasteiger partial charge in [-0.15, -0.1) is 0 Å². The van der Waals surface area contributed by atoms with Crippen LogP contribution in [0, 0.1) is 13.8 Å². The molecule has 0 heterocycles. The second-order valence-electron chi connectivity index (χ2n) is 4.43. The number of aryl methyl sites for hydroxylation is 2. The summed E-state index contributed by atoms with van der Waals surface area (Å²) in [5, 5.41) is 0. The number of hydrogen-bond acceptors (Lipinski definition) is 2. The molecular weight excluding hydrogens is 236 g/mol. The Labute approximate surface area is 113 Å². The van der Waals surface area contributed by atoms with E-state index in [1.165, 1.54) is 6.08 Å². The van der Waals surface area contributed by atoms with Crippen molar-refractivity contribution in [1.29, 1.82) is 0 Å². The van der Waals surface area contributed by atoms with Crippen LogP contribution in [0.2, 0.25) is 0 Å². The van der Waals surface area contributed by atoms with Crippen molar-refractivity contribution in [3.05, 3.63) is 71.3 Å². The minimum absolute atomic E-state index is 0.363. The van der Waals surface area contributed by atoms with E-state index in [-0.39, 0.29) is 5.97 Å². The van der Waals surface area contributed by atoms with Crippen molar-refractivity contribution in [2.45, 2.75) is 13.8 Å². The average Bonchev–Trinajstić information content (AvgIpc) is 2.42. The topological polar surface area (TPSA) is 26.3 Å². The second-order valence-corrected chi connectivity index (χ2v) is 4.43. The molecule has 0 radical (unpaired) electrons. The maximum atomic E-state index is 11.7. The van der Waals surface area contributed by atoms with E-state index in [0.29, 0.717) is 5.75 Å². The van der Waals surface area contributed by atoms with E-state index in [9.17, 15) is 4.79 Å². The number of carbonyl (C=O) groups excluding carboxylic acids is 1. The van der Waals surface area contributed by atoms with Crippen LogP contribution in [-0.2, 0) is 4.79 Å². The Kier molecular flexibility index (Phi) is 4.14. The van der Waals surface area contributed by atoms with Gasteiger partial charge in [0.05, 0.1) is 0 Å². The number of esters is 1. The maximum absolute atomic E-state index is 11.7. The molecule has 0 unspecified atom stereocenters. The molecule has 19 heavy (non-hydrogen) atoms. The normalized spacial score (nSPS) is 10.6. The van der Waals surface area contributed by atoms with Gasteiger partial charge < -0.3 is 4.74 Å². The van der Waals surface area contributed by atoms with Gasteiger partial charge in [-0.2, -0.15) is 0 Å². The molecule has 0 saturated carbocycles. The standard InChI is InChI=1S/C17H16O2/c1-13-8-9-14(2)16(12-13)19-17(18)11-10-15-6-4-3-5-7-15/h3-12H,1-2H3/b11-10+. The molecule has 0 saturated heterocycles. The van der Waals surface area contributed by atoms with Crippen molar-refractivity contribution in [2.75, 3.05) is 0 Å². The van der Waals surface area contributed by atoms with Crippen LogP contribution in [0.25, 0.3) is 6.08 Å². The van der Waals surface area contributed by atoms with Gasteiger partial charge in [-0.25, -0.2) is 4.79 Å². The fourth-order valence-corrected chi connectivity index (χ4v) is 1.69. The molecule has 0 amide bonds. The summed E-state index contributed by atoms with van der Waals surface area (Å²) in [5.41, 5.74) is 2.99. The number of rotatable bonds is 3. The molecule has 2 rings (SSSR count). The van der Waals surface area contributed by atoms with Crippen molar-refractivity contribution in [2.24, 2.45) is 0 Å². The van der Waals surface area contributed by atoms with Crippen LogP contribution in [0.15, 0.2) is 54.6 Å². The molecule has 0 bridgehead atoms. The summed E-state index contributed by atoms with van der Waals surface area (Å²) < 4.78 is 5.32. The highest BCUT2D eigenvalue weighted by Crippen LogP contribution is 2.19. The molecular formula is C17H16O2. The van der Waals surface area contributed by atoms with E-state index in [2.05, 4.69) is 0 Å². The highest BCUT2D eigenvalue weighted by atomic mass is 16.5. The number of benzene rings is 2. The Morgan fingerprint density at radius 3 is 2.53 bits per heavy atom. The van der Waals surface area contributed by atoms with Crippen LogP contribution < -0.4 is 4.74 Å². The lowest BCUT2D eigenvalue weighted by atomic mass is 10.1. The van der Waals surface area contributed by atoms with Gasteiger partial charge in [0, 0.05) is 6.08 Å². The Balaban J connectivity index is 2.06. The van der Waals surface area contributed by atoms with Crippen molar-refractivity contribution >= 4 is 12.0 Å². The first-order valence-corrected chi connectivity index (χ1v) is 6.17. The predicted octanol–water partition coefficient (Wildman–Crippen LogP) is 3.92. The van der Waals surface area contributed by atoms with Gasteiger partial charge in [-0.05, 0) is 42.7 Å². The summed E-state index contributed by atoms with van der Waals surface area (Å²) in [6.45, 7) is 3.89. The minimum atomic E-state index is -0.363. The first kappa shape index (κ1) is 13.1. The van der Waals surface area contributed by atoms with E-state index in [0.717, 1.165) is 16.7 Å². The summed E-state index contributed by atoms with van der Waals surface area (Å²) >= 11 is 0. The molecule has 2 aromatic carbocycles. The van der Waals surface area contributed by atoms with Gasteiger partial charge >= 0.3 is 5.97 Å². The quantitative estimate of drug-likeness (QED) is 0.470. The fourth-order valence-electron chi connectivity index (χ4n) is 1.69. The zero-order valence-electron chi connectivity index (χ0n) is 11.1. The minimum Gasteiger partial charge on any atom is -0.423 e. The second kappa shape index (κ2) is 6.01. The average molecular weight is 252 g/mol. The van der Waals surface area contributed by atoms with E-state index < -0.39 is 0 Å². The Morgan fingerprint density at radius 1 is 1.05 bits per heavy atom. The predicted molar refractivity (Wildman–Crippen MR) is 77.0 cm³/mol. The Bertz CT molecular complexity index is 598. The lowest BCUT2D eigenvalue weighted by Gasteiger charge is -2.06. The molecule has 0 fully saturated rings. The van der Waals surface area contributed by atoms with Gasteiger partial charge in [-0.3, -0.25) is 0 Å². The van der Waals surface area contributed by atoms with Crippen LogP contribution in [-0.4, -0.2) is 5.97 Å². The zero-order chi connectivity index (χ0) is 13.7. The maximum Gasteiger partial charge on any atom is 0.336 e. The van der Waals surface area contributed by atoms with Gasteiger partial charge in [0.25, 0.3) is 0 Å². The van der Waals surface area contributed by atoms with Crippen LogP contribution >= 0.6 is 0 Å². The first-order valence-electron chi connectivity index (χ1n) is 6.17. The third kappa shape index (κ3) is 3.81. The molecule has 96 valence electrons. The molecule has 2 nitrogen and oxygen atoms in total. The van der Waals surface area contributed by atoms with E-state index >= 15 is 0 Å². The summed E-state index contributed by atoms with van der Waals surface area (Å²) in [7, 11) is 0. The molecule has 2 heteroatoms. The number of carbonyl (C=O) groups is 1. The number of hydrogen-bond donors (Lipinski definition) is 0. The first-order chi connectivity index (χ1) is 9.15. The highest BCUT2D eigenvalue weighted by molar-refractivity contribution is 5.88. The largest absolute Gasteiger partial charge is 0.423 e. The fraction of sp³-hybridized carbons (Fsp3) is 0.118. The molecule has 2 aromatic rings. The van der Waals surface area contributed by atoms with E-state index in [1.54, 1.807) is 6.08 Å². The summed E-state index contributed by atoms with van der Waals surface area (Å²) in [6, 6.07) is 15.5. The van der Waals surface area contributed by atoms with Crippen molar-refractivity contribution in [3.8, 4) is 5.75 Å². The Hall–Kier alpha value is -2.35. The molecule has 0 atom stereocenters. The van der Waals surface area contributed by atoms with Crippen molar-refractivity contribution < 1.29 is 9.53 Å². The zero-order valence-corrected chi connectivity index (χ0v) is 11.1. The van der Waals surface area contributed by atoms with Gasteiger partial charge in [0.2, 0.25) is 0 Å². The van der Waals surface area contributed by atoms with Crippen molar-refractivity contribution in [3.63, 3.8) is 0 Å². The number of ether oxygens (including phenoxy) is 1. The molecule has 0 aliphatic carbocycles. The summed E-state index contributed by atoms with van der Waals surface area (Å²) in [6.07, 6.45) is 3.19. The molecule has 0 aromatic heterocycles. The molecule has 0 spiro atoms. The Morgan fingerprint density at radius 2 is 1.79 bits per heavy atom. The highest BCUT2D eigenvalue weighted by Gasteiger charge is 2.04. The third-order valence-corrected chi connectivity index (χ3v) is 2.77. The van der Waals surface area contributed by atoms with Gasteiger partial charge in [-0.1, -0.05) is 42.5 Å². The molecule has 0 aliphatic heterocycles. The smallest absolute Gasteiger partial charge is 0.336 e. The molecule has 0 N–H and O–H groups in total. The van der Waals surface area contributed by atoms with Crippen molar-refractivity contribution in [1.82, 2.24) is 0 Å². The van der Waals surface area contributed by atoms with E-state index in [1.807, 2.05) is 62.4 Å². The van der Waals surface area contributed by atoms with Crippen LogP contribution in [0.1, 0.15) is 16.7 Å². The van der Waals surface area contributed by atoms with Gasteiger partial charge in [0.1, 0.15) is 5.75 Å².